The molecule has 1 unspecified atom stereocenters. The van der Waals surface area contributed by atoms with E-state index in [1.807, 2.05) is 0 Å². The highest BCUT2D eigenvalue weighted by Gasteiger charge is 2.28. The fraction of sp³-hybridized carbons (Fsp3) is 0.600. The molecule has 2 aliphatic rings. The lowest BCUT2D eigenvalue weighted by atomic mass is 9.86. The molecule has 1 heteroatoms. The van der Waals surface area contributed by atoms with Gasteiger partial charge in [-0.25, -0.2) is 0 Å². The molecule has 1 aliphatic carbocycles. The third-order valence-electron chi connectivity index (χ3n) is 4.93. The maximum absolute atomic E-state index is 2.68. The molecule has 21 heavy (non-hydrogen) atoms. The van der Waals surface area contributed by atoms with Gasteiger partial charge < -0.3 is 0 Å². The molecule has 1 aliphatic heterocycles. The Kier molecular flexibility index (Phi) is 4.80. The summed E-state index contributed by atoms with van der Waals surface area (Å²) in [5.74, 6) is 0.739. The Labute approximate surface area is 130 Å². The van der Waals surface area contributed by atoms with Crippen LogP contribution in [-0.2, 0) is 6.42 Å². The summed E-state index contributed by atoms with van der Waals surface area (Å²) in [6.45, 7) is 7.20. The molecule has 1 saturated carbocycles. The predicted molar refractivity (Wildman–Crippen MR) is 91.4 cm³/mol. The Morgan fingerprint density at radius 2 is 1.86 bits per heavy atom. The average molecular weight is 283 g/mol. The maximum atomic E-state index is 2.68. The smallest absolute Gasteiger partial charge is 0.0310 e. The van der Waals surface area contributed by atoms with E-state index in [1.54, 1.807) is 5.57 Å². The van der Waals surface area contributed by atoms with Crippen molar-refractivity contribution in [2.24, 2.45) is 5.92 Å². The van der Waals surface area contributed by atoms with Gasteiger partial charge in [-0.15, -0.1) is 0 Å². The van der Waals surface area contributed by atoms with Gasteiger partial charge in [-0.3, -0.25) is 4.90 Å². The topological polar surface area (TPSA) is 3.24 Å². The second-order valence-electron chi connectivity index (χ2n) is 7.21. The van der Waals surface area contributed by atoms with Crippen LogP contribution in [0, 0.1) is 5.92 Å². The molecule has 0 bridgehead atoms. The van der Waals surface area contributed by atoms with Crippen LogP contribution in [0.1, 0.15) is 57.1 Å². The van der Waals surface area contributed by atoms with Crippen molar-refractivity contribution in [1.82, 2.24) is 4.90 Å². The van der Waals surface area contributed by atoms with Crippen molar-refractivity contribution in [2.75, 3.05) is 13.1 Å². The quantitative estimate of drug-likeness (QED) is 0.758. The molecule has 1 saturated heterocycles. The summed E-state index contributed by atoms with van der Waals surface area (Å²) in [5, 5.41) is 0. The highest BCUT2D eigenvalue weighted by atomic mass is 15.2. The van der Waals surface area contributed by atoms with Gasteiger partial charge in [0.15, 0.2) is 0 Å². The summed E-state index contributed by atoms with van der Waals surface area (Å²) in [4.78, 5) is 2.68. The van der Waals surface area contributed by atoms with Gasteiger partial charge in [0.1, 0.15) is 0 Å². The van der Waals surface area contributed by atoms with Crippen molar-refractivity contribution < 1.29 is 0 Å². The number of hydrogen-bond donors (Lipinski definition) is 0. The lowest BCUT2D eigenvalue weighted by Gasteiger charge is -2.42. The van der Waals surface area contributed by atoms with E-state index in [0.717, 1.165) is 12.0 Å². The van der Waals surface area contributed by atoms with Crippen molar-refractivity contribution in [3.63, 3.8) is 0 Å². The molecule has 0 spiro atoms. The molecule has 0 aromatic heterocycles. The highest BCUT2D eigenvalue weighted by Crippen LogP contribution is 2.32. The summed E-state index contributed by atoms with van der Waals surface area (Å²) in [6.07, 6.45) is 10.5. The Balaban J connectivity index is 1.72. The number of likely N-dealkylation sites (tertiary alicyclic amines) is 1. The van der Waals surface area contributed by atoms with Crippen LogP contribution in [0.15, 0.2) is 29.8 Å². The molecule has 2 fully saturated rings. The second kappa shape index (κ2) is 6.79. The highest BCUT2D eigenvalue weighted by molar-refractivity contribution is 5.55. The summed E-state index contributed by atoms with van der Waals surface area (Å²) in [6, 6.07) is 9.99. The van der Waals surface area contributed by atoms with Gasteiger partial charge in [-0.1, -0.05) is 56.2 Å². The van der Waals surface area contributed by atoms with Crippen LogP contribution >= 0.6 is 0 Å². The fourth-order valence-electron chi connectivity index (χ4n) is 3.69. The summed E-state index contributed by atoms with van der Waals surface area (Å²) in [5.41, 5.74) is 4.54. The zero-order valence-corrected chi connectivity index (χ0v) is 13.6. The van der Waals surface area contributed by atoms with Crippen LogP contribution in [0.3, 0.4) is 0 Å². The molecular weight excluding hydrogens is 254 g/mol. The van der Waals surface area contributed by atoms with E-state index in [1.165, 1.54) is 62.7 Å². The first kappa shape index (κ1) is 14.8. The number of nitrogens with zero attached hydrogens (tertiary/aromatic N) is 1. The van der Waals surface area contributed by atoms with Crippen molar-refractivity contribution in [1.29, 1.82) is 0 Å². The average Bonchev–Trinajstić information content (AvgIpc) is 2.41. The lowest BCUT2D eigenvalue weighted by Crippen LogP contribution is -2.46. The molecule has 3 rings (SSSR count). The number of rotatable bonds is 4. The van der Waals surface area contributed by atoms with Crippen LogP contribution in [-0.4, -0.2) is 24.0 Å². The Bertz CT molecular complexity index is 479. The van der Waals surface area contributed by atoms with E-state index < -0.39 is 0 Å². The summed E-state index contributed by atoms with van der Waals surface area (Å²) in [7, 11) is 0. The first-order valence-corrected chi connectivity index (χ1v) is 8.76. The van der Waals surface area contributed by atoms with Crippen LogP contribution in [0.25, 0.3) is 6.08 Å². The first-order chi connectivity index (χ1) is 10.2. The molecule has 0 amide bonds. The van der Waals surface area contributed by atoms with Gasteiger partial charge in [-0.05, 0) is 62.2 Å². The molecule has 0 radical (unpaired) electrons. The predicted octanol–water partition coefficient (Wildman–Crippen LogP) is 4.92. The Morgan fingerprint density at radius 3 is 2.48 bits per heavy atom. The third-order valence-corrected chi connectivity index (χ3v) is 4.93. The zero-order chi connectivity index (χ0) is 14.7. The van der Waals surface area contributed by atoms with Crippen molar-refractivity contribution in [3.05, 3.63) is 41.0 Å². The van der Waals surface area contributed by atoms with E-state index in [0.29, 0.717) is 0 Å². The lowest BCUT2D eigenvalue weighted by molar-refractivity contribution is 0.121. The second-order valence-corrected chi connectivity index (χ2v) is 7.21. The maximum Gasteiger partial charge on any atom is 0.0310 e. The minimum Gasteiger partial charge on any atom is -0.297 e. The Hall–Kier alpha value is -1.08. The van der Waals surface area contributed by atoms with E-state index in [-0.39, 0.29) is 0 Å². The Morgan fingerprint density at radius 1 is 1.10 bits per heavy atom. The molecule has 1 nitrogen and oxygen atoms in total. The van der Waals surface area contributed by atoms with Crippen LogP contribution in [0.4, 0.5) is 0 Å². The number of hydrogen-bond acceptors (Lipinski definition) is 1. The van der Waals surface area contributed by atoms with Gasteiger partial charge in [0.05, 0.1) is 0 Å². The van der Waals surface area contributed by atoms with Crippen LogP contribution < -0.4 is 0 Å². The van der Waals surface area contributed by atoms with Gasteiger partial charge in [0.2, 0.25) is 0 Å². The largest absolute Gasteiger partial charge is 0.297 e. The minimum atomic E-state index is 0.739. The van der Waals surface area contributed by atoms with Crippen LogP contribution in [0.5, 0.6) is 0 Å². The SMILES string of the molecule is CC(C)Cc1ccc(/C=C2\CCCCC2N2CCC2)cc1. The van der Waals surface area contributed by atoms with E-state index in [4.69, 9.17) is 0 Å². The standard InChI is InChI=1S/C20H29N/c1-16(2)14-17-8-10-18(11-9-17)15-19-6-3-4-7-20(19)21-12-5-13-21/h8-11,15-16,20H,3-7,12-14H2,1-2H3/b19-15+. The zero-order valence-electron chi connectivity index (χ0n) is 13.6. The first-order valence-electron chi connectivity index (χ1n) is 8.76. The van der Waals surface area contributed by atoms with E-state index >= 15 is 0 Å². The molecule has 0 N–H and O–H groups in total. The monoisotopic (exact) mass is 283 g/mol. The molecular formula is C20H29N. The van der Waals surface area contributed by atoms with Gasteiger partial charge in [0.25, 0.3) is 0 Å². The molecule has 1 atom stereocenters. The third kappa shape index (κ3) is 3.77. The van der Waals surface area contributed by atoms with Crippen molar-refractivity contribution >= 4 is 6.08 Å². The van der Waals surface area contributed by atoms with Gasteiger partial charge >= 0.3 is 0 Å². The molecule has 1 aromatic carbocycles. The van der Waals surface area contributed by atoms with Crippen molar-refractivity contribution in [3.8, 4) is 0 Å². The number of benzene rings is 1. The van der Waals surface area contributed by atoms with Gasteiger partial charge in [-0.2, -0.15) is 0 Å². The minimum absolute atomic E-state index is 0.739. The molecule has 1 heterocycles. The fourth-order valence-corrected chi connectivity index (χ4v) is 3.69. The summed E-state index contributed by atoms with van der Waals surface area (Å²) >= 11 is 0. The van der Waals surface area contributed by atoms with Gasteiger partial charge in [0, 0.05) is 6.04 Å². The van der Waals surface area contributed by atoms with Crippen molar-refractivity contribution in [2.45, 2.75) is 58.4 Å². The summed E-state index contributed by atoms with van der Waals surface area (Å²) < 4.78 is 0. The molecule has 114 valence electrons. The van der Waals surface area contributed by atoms with E-state index in [9.17, 15) is 0 Å². The normalized spacial score (nSPS) is 25.3. The van der Waals surface area contributed by atoms with Crippen LogP contribution in [0.2, 0.25) is 0 Å². The molecule has 1 aromatic rings. The van der Waals surface area contributed by atoms with E-state index in [2.05, 4.69) is 49.1 Å².